The van der Waals surface area contributed by atoms with Gasteiger partial charge in [-0.2, -0.15) is 0 Å². The molecule has 0 saturated heterocycles. The first kappa shape index (κ1) is 19.8. The third-order valence-corrected chi connectivity index (χ3v) is 5.17. The Morgan fingerprint density at radius 2 is 1.82 bits per heavy atom. The summed E-state index contributed by atoms with van der Waals surface area (Å²) in [4.78, 5) is 17.1. The van der Waals surface area contributed by atoms with Crippen molar-refractivity contribution in [2.75, 3.05) is 37.1 Å². The minimum atomic E-state index is -0.363. The highest BCUT2D eigenvalue weighted by Crippen LogP contribution is 2.33. The number of carbonyl (C=O) groups is 1. The molecule has 2 aromatic carbocycles. The molecule has 3 rings (SSSR count). The molecule has 1 atom stereocenters. The molecule has 0 saturated carbocycles. The standard InChI is InChI=1S/C23H28N2O3/c1-5-28-23(26)22-15-21(24(3)18-9-7-6-8-10-18)17(2)16-25(22)19-11-13-20(27-4)14-12-19/h6-14,22H,5,15-16H2,1-4H3/t22-/m0/s1. The van der Waals surface area contributed by atoms with Crippen molar-refractivity contribution in [3.8, 4) is 5.75 Å². The van der Waals surface area contributed by atoms with Crippen LogP contribution in [0.4, 0.5) is 11.4 Å². The van der Waals surface area contributed by atoms with E-state index < -0.39 is 0 Å². The average molecular weight is 380 g/mol. The number of ether oxygens (including phenoxy) is 2. The Morgan fingerprint density at radius 1 is 1.14 bits per heavy atom. The van der Waals surface area contributed by atoms with Crippen LogP contribution >= 0.6 is 0 Å². The maximum absolute atomic E-state index is 12.8. The van der Waals surface area contributed by atoms with Crippen molar-refractivity contribution >= 4 is 17.3 Å². The molecule has 0 fully saturated rings. The zero-order valence-corrected chi connectivity index (χ0v) is 17.0. The Balaban J connectivity index is 1.94. The lowest BCUT2D eigenvalue weighted by Crippen LogP contribution is -2.48. The lowest BCUT2D eigenvalue weighted by molar-refractivity contribution is -0.144. The normalized spacial score (nSPS) is 16.7. The number of benzene rings is 2. The summed E-state index contributed by atoms with van der Waals surface area (Å²) in [7, 11) is 3.70. The summed E-state index contributed by atoms with van der Waals surface area (Å²) in [6.07, 6.45) is 0.599. The van der Waals surface area contributed by atoms with E-state index in [1.54, 1.807) is 7.11 Å². The molecule has 28 heavy (non-hydrogen) atoms. The van der Waals surface area contributed by atoms with Gasteiger partial charge in [0.25, 0.3) is 0 Å². The van der Waals surface area contributed by atoms with Gasteiger partial charge in [0.15, 0.2) is 0 Å². The van der Waals surface area contributed by atoms with Crippen molar-refractivity contribution in [1.29, 1.82) is 0 Å². The Morgan fingerprint density at radius 3 is 2.43 bits per heavy atom. The molecular formula is C23H28N2O3. The van der Waals surface area contributed by atoms with Gasteiger partial charge >= 0.3 is 5.97 Å². The Hall–Kier alpha value is -2.95. The van der Waals surface area contributed by atoms with Gasteiger partial charge < -0.3 is 19.3 Å². The molecule has 0 radical (unpaired) electrons. The first-order valence-electron chi connectivity index (χ1n) is 9.59. The van der Waals surface area contributed by atoms with Gasteiger partial charge in [-0.15, -0.1) is 0 Å². The highest BCUT2D eigenvalue weighted by molar-refractivity contribution is 5.82. The Labute approximate surface area is 167 Å². The van der Waals surface area contributed by atoms with Crippen LogP contribution in [0.15, 0.2) is 65.9 Å². The SMILES string of the molecule is CCOC(=O)[C@@H]1CC(N(C)c2ccccc2)=C(C)CN1c1ccc(OC)cc1. The van der Waals surface area contributed by atoms with E-state index in [0.717, 1.165) is 22.8 Å². The monoisotopic (exact) mass is 380 g/mol. The highest BCUT2D eigenvalue weighted by Gasteiger charge is 2.34. The molecule has 0 N–H and O–H groups in total. The van der Waals surface area contributed by atoms with Gasteiger partial charge in [0.2, 0.25) is 0 Å². The van der Waals surface area contributed by atoms with E-state index in [1.807, 2.05) is 49.4 Å². The fourth-order valence-electron chi connectivity index (χ4n) is 3.65. The topological polar surface area (TPSA) is 42.0 Å². The van der Waals surface area contributed by atoms with Crippen molar-refractivity contribution in [2.45, 2.75) is 26.3 Å². The maximum Gasteiger partial charge on any atom is 0.329 e. The maximum atomic E-state index is 12.8. The predicted molar refractivity (Wildman–Crippen MR) is 113 cm³/mol. The van der Waals surface area contributed by atoms with Crippen molar-refractivity contribution in [2.24, 2.45) is 0 Å². The highest BCUT2D eigenvalue weighted by atomic mass is 16.5. The molecule has 0 bridgehead atoms. The second-order valence-electron chi connectivity index (χ2n) is 6.92. The first-order valence-corrected chi connectivity index (χ1v) is 9.59. The van der Waals surface area contributed by atoms with Crippen LogP contribution in [-0.4, -0.2) is 39.3 Å². The number of hydrogen-bond acceptors (Lipinski definition) is 5. The molecule has 148 valence electrons. The zero-order valence-electron chi connectivity index (χ0n) is 17.0. The van der Waals surface area contributed by atoms with Crippen LogP contribution in [0.2, 0.25) is 0 Å². The van der Waals surface area contributed by atoms with Crippen LogP contribution in [0.5, 0.6) is 5.75 Å². The number of rotatable bonds is 6. The van der Waals surface area contributed by atoms with E-state index in [4.69, 9.17) is 9.47 Å². The quantitative estimate of drug-likeness (QED) is 0.701. The van der Waals surface area contributed by atoms with Gasteiger partial charge in [0.1, 0.15) is 11.8 Å². The van der Waals surface area contributed by atoms with Crippen LogP contribution in [0.3, 0.4) is 0 Å². The number of nitrogens with zero attached hydrogens (tertiary/aromatic N) is 2. The number of hydrogen-bond donors (Lipinski definition) is 0. The van der Waals surface area contributed by atoms with E-state index in [1.165, 1.54) is 5.57 Å². The van der Waals surface area contributed by atoms with Crippen LogP contribution in [0, 0.1) is 0 Å². The number of methoxy groups -OCH3 is 1. The fraction of sp³-hybridized carbons (Fsp3) is 0.348. The molecule has 2 aromatic rings. The van der Waals surface area contributed by atoms with Gasteiger partial charge in [0.05, 0.1) is 13.7 Å². The second kappa shape index (κ2) is 8.83. The zero-order chi connectivity index (χ0) is 20.1. The Kier molecular flexibility index (Phi) is 6.24. The second-order valence-corrected chi connectivity index (χ2v) is 6.92. The van der Waals surface area contributed by atoms with E-state index >= 15 is 0 Å². The molecule has 0 aliphatic carbocycles. The lowest BCUT2D eigenvalue weighted by atomic mass is 9.97. The Bertz CT molecular complexity index is 831. The number of esters is 1. The number of carbonyl (C=O) groups excluding carboxylic acids is 1. The van der Waals surface area contributed by atoms with Crippen LogP contribution < -0.4 is 14.5 Å². The van der Waals surface area contributed by atoms with Crippen molar-refractivity contribution in [3.63, 3.8) is 0 Å². The molecule has 0 aromatic heterocycles. The van der Waals surface area contributed by atoms with Crippen molar-refractivity contribution < 1.29 is 14.3 Å². The third kappa shape index (κ3) is 4.14. The minimum Gasteiger partial charge on any atom is -0.497 e. The first-order chi connectivity index (χ1) is 13.5. The molecule has 0 spiro atoms. The molecule has 1 heterocycles. The molecule has 0 unspecified atom stereocenters. The fourth-order valence-corrected chi connectivity index (χ4v) is 3.65. The summed E-state index contributed by atoms with van der Waals surface area (Å²) in [5, 5.41) is 0. The summed E-state index contributed by atoms with van der Waals surface area (Å²) in [6, 6.07) is 17.7. The van der Waals surface area contributed by atoms with E-state index in [2.05, 4.69) is 35.9 Å². The summed E-state index contributed by atoms with van der Waals surface area (Å²) < 4.78 is 10.7. The van der Waals surface area contributed by atoms with E-state index in [9.17, 15) is 4.79 Å². The molecule has 5 heteroatoms. The molecule has 5 nitrogen and oxygen atoms in total. The minimum absolute atomic E-state index is 0.190. The van der Waals surface area contributed by atoms with Crippen LogP contribution in [0.1, 0.15) is 20.3 Å². The van der Waals surface area contributed by atoms with Gasteiger partial charge in [-0.25, -0.2) is 4.79 Å². The van der Waals surface area contributed by atoms with Crippen molar-refractivity contribution in [3.05, 3.63) is 65.9 Å². The molecule has 1 aliphatic heterocycles. The number of anilines is 2. The molecule has 1 aliphatic rings. The van der Waals surface area contributed by atoms with E-state index in [-0.39, 0.29) is 12.0 Å². The molecular weight excluding hydrogens is 352 g/mol. The summed E-state index contributed by atoms with van der Waals surface area (Å²) in [5.41, 5.74) is 4.49. The number of para-hydroxylation sites is 1. The largest absolute Gasteiger partial charge is 0.497 e. The predicted octanol–water partition coefficient (Wildman–Crippen LogP) is 4.25. The van der Waals surface area contributed by atoms with E-state index in [0.29, 0.717) is 19.6 Å². The summed E-state index contributed by atoms with van der Waals surface area (Å²) >= 11 is 0. The van der Waals surface area contributed by atoms with Gasteiger partial charge in [-0.3, -0.25) is 0 Å². The van der Waals surface area contributed by atoms with Crippen molar-refractivity contribution in [1.82, 2.24) is 0 Å². The third-order valence-electron chi connectivity index (χ3n) is 5.17. The average Bonchev–Trinajstić information content (AvgIpc) is 2.74. The van der Waals surface area contributed by atoms with Gasteiger partial charge in [-0.05, 0) is 55.8 Å². The smallest absolute Gasteiger partial charge is 0.329 e. The van der Waals surface area contributed by atoms with Crippen LogP contribution in [-0.2, 0) is 9.53 Å². The summed E-state index contributed by atoms with van der Waals surface area (Å²) in [5.74, 6) is 0.606. The lowest BCUT2D eigenvalue weighted by Gasteiger charge is -2.40. The van der Waals surface area contributed by atoms with Crippen LogP contribution in [0.25, 0.3) is 0 Å². The molecule has 0 amide bonds. The van der Waals surface area contributed by atoms with Gasteiger partial charge in [-0.1, -0.05) is 18.2 Å². The summed E-state index contributed by atoms with van der Waals surface area (Å²) in [6.45, 7) is 5.02. The van der Waals surface area contributed by atoms with Gasteiger partial charge in [0, 0.05) is 37.1 Å².